The van der Waals surface area contributed by atoms with Crippen LogP contribution in [0.5, 0.6) is 11.5 Å². The molecule has 1 amide bonds. The molecule has 2 N–H and O–H groups in total. The molecule has 0 bridgehead atoms. The topological polar surface area (TPSA) is 93.5 Å². The van der Waals surface area contributed by atoms with Crippen LogP contribution in [-0.4, -0.2) is 67.1 Å². The van der Waals surface area contributed by atoms with E-state index in [0.29, 0.717) is 22.6 Å². The molecule has 5 rings (SSSR count). The summed E-state index contributed by atoms with van der Waals surface area (Å²) in [6, 6.07) is 19.7. The van der Waals surface area contributed by atoms with Crippen molar-refractivity contribution in [2.24, 2.45) is 0 Å². The number of Topliss-reactive ketones (excluding diaryl/α,β-unsaturated/α-hetero) is 1. The fraction of sp³-hybridized carbons (Fsp3) is 0.241. The largest absolute Gasteiger partial charge is 0.508 e. The number of nitrogens with zero attached hydrogens (tertiary/aromatic N) is 3. The molecule has 190 valence electrons. The fourth-order valence-corrected chi connectivity index (χ4v) is 4.89. The number of amides is 1. The van der Waals surface area contributed by atoms with Crippen LogP contribution in [-0.2, 0) is 9.59 Å². The number of phenols is 1. The van der Waals surface area contributed by atoms with E-state index in [-0.39, 0.29) is 17.1 Å². The third kappa shape index (κ3) is 4.63. The molecule has 2 heterocycles. The summed E-state index contributed by atoms with van der Waals surface area (Å²) in [5.74, 6) is -1.22. The number of carbonyl (C=O) groups is 2. The van der Waals surface area contributed by atoms with Crippen molar-refractivity contribution in [2.75, 3.05) is 50.1 Å². The number of likely N-dealkylation sites (N-methyl/N-ethyl adjacent to an activating group) is 1. The lowest BCUT2D eigenvalue weighted by molar-refractivity contribution is -0.132. The van der Waals surface area contributed by atoms with E-state index in [0.717, 1.165) is 31.9 Å². The highest BCUT2D eigenvalue weighted by Crippen LogP contribution is 2.43. The van der Waals surface area contributed by atoms with Gasteiger partial charge in [0, 0.05) is 43.1 Å². The van der Waals surface area contributed by atoms with Crippen molar-refractivity contribution in [3.8, 4) is 11.5 Å². The number of aliphatic hydroxyl groups excluding tert-OH is 1. The number of aliphatic hydroxyl groups is 1. The van der Waals surface area contributed by atoms with Crippen LogP contribution in [0.2, 0.25) is 0 Å². The normalized spacial score (nSPS) is 19.9. The van der Waals surface area contributed by atoms with Gasteiger partial charge in [-0.3, -0.25) is 14.5 Å². The van der Waals surface area contributed by atoms with Gasteiger partial charge in [0.2, 0.25) is 0 Å². The molecule has 3 aromatic rings. The first-order chi connectivity index (χ1) is 17.9. The fourth-order valence-electron chi connectivity index (χ4n) is 4.89. The number of phenolic OH excluding ortho intramolecular Hbond substituents is 1. The predicted molar refractivity (Wildman–Crippen MR) is 142 cm³/mol. The molecule has 1 unspecified atom stereocenters. The molecule has 0 aromatic heterocycles. The standard InChI is InChI=1S/C29H29N3O5/c1-30-14-16-31(17-15-30)21-8-10-22(11-9-21)32-26(19-6-12-23(33)13-7-19)25(28(35)29(32)36)27(34)20-4-3-5-24(18-20)37-2/h3-13,18,26,33-34H,14-17H2,1-2H3/b27-25+. The molecule has 8 heteroatoms. The van der Waals surface area contributed by atoms with Crippen LogP contribution in [0.15, 0.2) is 78.4 Å². The minimum Gasteiger partial charge on any atom is -0.508 e. The van der Waals surface area contributed by atoms with Crippen LogP contribution in [0, 0.1) is 0 Å². The number of hydrogen-bond acceptors (Lipinski definition) is 7. The Morgan fingerprint density at radius 1 is 0.892 bits per heavy atom. The van der Waals surface area contributed by atoms with Gasteiger partial charge in [0.15, 0.2) is 0 Å². The average molecular weight is 500 g/mol. The molecule has 0 radical (unpaired) electrons. The Morgan fingerprint density at radius 3 is 2.19 bits per heavy atom. The van der Waals surface area contributed by atoms with E-state index in [1.165, 1.54) is 24.1 Å². The van der Waals surface area contributed by atoms with Crippen LogP contribution >= 0.6 is 0 Å². The maximum Gasteiger partial charge on any atom is 0.300 e. The molecule has 2 aliphatic heterocycles. The zero-order valence-electron chi connectivity index (χ0n) is 20.8. The van der Waals surface area contributed by atoms with Crippen LogP contribution in [0.3, 0.4) is 0 Å². The summed E-state index contributed by atoms with van der Waals surface area (Å²) in [7, 11) is 3.62. The van der Waals surface area contributed by atoms with Gasteiger partial charge in [0.05, 0.1) is 18.7 Å². The van der Waals surface area contributed by atoms with Crippen LogP contribution in [0.4, 0.5) is 11.4 Å². The number of aromatic hydroxyl groups is 1. The number of methoxy groups -OCH3 is 1. The Kier molecular flexibility index (Phi) is 6.58. The molecule has 1 atom stereocenters. The van der Waals surface area contributed by atoms with Gasteiger partial charge >= 0.3 is 0 Å². The molecule has 0 saturated carbocycles. The molecule has 0 spiro atoms. The van der Waals surface area contributed by atoms with Gasteiger partial charge in [-0.1, -0.05) is 24.3 Å². The first kappa shape index (κ1) is 24.4. The van der Waals surface area contributed by atoms with Gasteiger partial charge in [0.25, 0.3) is 11.7 Å². The highest BCUT2D eigenvalue weighted by atomic mass is 16.5. The summed E-state index contributed by atoms with van der Waals surface area (Å²) in [6.45, 7) is 3.77. The van der Waals surface area contributed by atoms with Crippen molar-refractivity contribution < 1.29 is 24.5 Å². The number of piperazine rings is 1. The van der Waals surface area contributed by atoms with Gasteiger partial charge in [-0.15, -0.1) is 0 Å². The second-order valence-electron chi connectivity index (χ2n) is 9.30. The number of benzene rings is 3. The highest BCUT2D eigenvalue weighted by Gasteiger charge is 2.47. The number of anilines is 2. The van der Waals surface area contributed by atoms with Crippen molar-refractivity contribution >= 4 is 28.8 Å². The molecule has 8 nitrogen and oxygen atoms in total. The monoisotopic (exact) mass is 499 g/mol. The van der Waals surface area contributed by atoms with E-state index >= 15 is 0 Å². The number of ketones is 1. The number of rotatable bonds is 5. The first-order valence-electron chi connectivity index (χ1n) is 12.2. The SMILES string of the molecule is COc1cccc(/C(O)=C2\C(=O)C(=O)N(c3ccc(N4CCN(C)CC4)cc3)C2c2ccc(O)cc2)c1. The maximum absolute atomic E-state index is 13.4. The number of hydrogen-bond donors (Lipinski definition) is 2. The zero-order valence-corrected chi connectivity index (χ0v) is 20.8. The Balaban J connectivity index is 1.58. The summed E-state index contributed by atoms with van der Waals surface area (Å²) in [6.07, 6.45) is 0. The van der Waals surface area contributed by atoms with Crippen molar-refractivity contribution in [2.45, 2.75) is 6.04 Å². The lowest BCUT2D eigenvalue weighted by Crippen LogP contribution is -2.44. The number of ether oxygens (including phenoxy) is 1. The lowest BCUT2D eigenvalue weighted by Gasteiger charge is -2.34. The minimum absolute atomic E-state index is 0.0212. The summed E-state index contributed by atoms with van der Waals surface area (Å²) in [4.78, 5) is 32.7. The number of carbonyl (C=O) groups excluding carboxylic acids is 2. The molecule has 2 fully saturated rings. The van der Waals surface area contributed by atoms with Gasteiger partial charge in [-0.05, 0) is 61.1 Å². The quantitative estimate of drug-likeness (QED) is 0.314. The summed E-state index contributed by atoms with van der Waals surface area (Å²) in [5.41, 5.74) is 2.52. The predicted octanol–water partition coefficient (Wildman–Crippen LogP) is 3.78. The van der Waals surface area contributed by atoms with Gasteiger partial charge in [-0.25, -0.2) is 0 Å². The second-order valence-corrected chi connectivity index (χ2v) is 9.30. The van der Waals surface area contributed by atoms with Crippen molar-refractivity contribution in [3.63, 3.8) is 0 Å². The minimum atomic E-state index is -0.874. The van der Waals surface area contributed by atoms with E-state index in [4.69, 9.17) is 4.74 Å². The molecule has 37 heavy (non-hydrogen) atoms. The Morgan fingerprint density at radius 2 is 1.54 bits per heavy atom. The Bertz CT molecular complexity index is 1340. The Hall–Kier alpha value is -4.30. The summed E-state index contributed by atoms with van der Waals surface area (Å²) in [5, 5.41) is 21.1. The van der Waals surface area contributed by atoms with E-state index in [1.807, 2.05) is 24.3 Å². The Labute approximate surface area is 215 Å². The molecular formula is C29H29N3O5. The van der Waals surface area contributed by atoms with E-state index < -0.39 is 17.7 Å². The van der Waals surface area contributed by atoms with Crippen molar-refractivity contribution in [3.05, 3.63) is 89.5 Å². The van der Waals surface area contributed by atoms with Gasteiger partial charge in [-0.2, -0.15) is 0 Å². The smallest absolute Gasteiger partial charge is 0.300 e. The second kappa shape index (κ2) is 9.99. The maximum atomic E-state index is 13.4. The molecule has 2 saturated heterocycles. The van der Waals surface area contributed by atoms with E-state index in [1.54, 1.807) is 36.4 Å². The third-order valence-electron chi connectivity index (χ3n) is 6.99. The van der Waals surface area contributed by atoms with Crippen LogP contribution in [0.1, 0.15) is 17.2 Å². The average Bonchev–Trinajstić information content (AvgIpc) is 3.19. The van der Waals surface area contributed by atoms with Crippen molar-refractivity contribution in [1.82, 2.24) is 4.90 Å². The molecule has 0 aliphatic carbocycles. The van der Waals surface area contributed by atoms with Crippen LogP contribution in [0.25, 0.3) is 5.76 Å². The molecule has 2 aliphatic rings. The molecule has 3 aromatic carbocycles. The summed E-state index contributed by atoms with van der Waals surface area (Å²) < 4.78 is 5.27. The van der Waals surface area contributed by atoms with Gasteiger partial charge in [0.1, 0.15) is 17.3 Å². The highest BCUT2D eigenvalue weighted by molar-refractivity contribution is 6.51. The first-order valence-corrected chi connectivity index (χ1v) is 12.2. The zero-order chi connectivity index (χ0) is 26.1. The van der Waals surface area contributed by atoms with E-state index in [9.17, 15) is 19.8 Å². The molecular weight excluding hydrogens is 470 g/mol. The van der Waals surface area contributed by atoms with Crippen LogP contribution < -0.4 is 14.5 Å². The lowest BCUT2D eigenvalue weighted by atomic mass is 9.95. The summed E-state index contributed by atoms with van der Waals surface area (Å²) >= 11 is 0. The third-order valence-corrected chi connectivity index (χ3v) is 6.99. The van der Waals surface area contributed by atoms with Gasteiger partial charge < -0.3 is 24.7 Å². The van der Waals surface area contributed by atoms with E-state index in [2.05, 4.69) is 16.8 Å². The van der Waals surface area contributed by atoms with Crippen molar-refractivity contribution in [1.29, 1.82) is 0 Å².